The van der Waals surface area contributed by atoms with Gasteiger partial charge in [0.15, 0.2) is 47.4 Å². The fourth-order valence-corrected chi connectivity index (χ4v) is 18.7. The first kappa shape index (κ1) is 76.2. The van der Waals surface area contributed by atoms with Crippen molar-refractivity contribution in [1.82, 2.24) is 0 Å². The monoisotopic (exact) mass is 1320 g/mol. The Morgan fingerprint density at radius 3 is 1.62 bits per heavy atom. The number of Topliss-reactive ketones (excluding diaryl/α,β-unsaturated/α-hetero) is 1. The minimum atomic E-state index is -2.60. The second-order valence-corrected chi connectivity index (χ2v) is 59.4. The average molecular weight is 1320 g/mol. The number of ether oxygens (including phenoxy) is 6. The molecule has 0 radical (unpaired) electrons. The number of carbonyl (C=O) groups excluding carboxylic acids is 2. The summed E-state index contributed by atoms with van der Waals surface area (Å²) in [6.07, 6.45) is 4.93. The Morgan fingerprint density at radius 2 is 1.07 bits per heavy atom. The van der Waals surface area contributed by atoms with Crippen LogP contribution in [0.5, 0.6) is 0 Å². The molecule has 0 aromatic heterocycles. The van der Waals surface area contributed by atoms with Gasteiger partial charge in [-0.25, -0.2) is 0 Å². The molecule has 18 heteroatoms. The summed E-state index contributed by atoms with van der Waals surface area (Å²) in [6.45, 7) is 68.9. The lowest BCUT2D eigenvalue weighted by molar-refractivity contribution is -0.266. The smallest absolute Gasteiger partial charge is 0.193 e. The molecule has 5 saturated heterocycles. The second-order valence-electron chi connectivity index (χ2n) is 35.5. The molecule has 0 aromatic rings. The van der Waals surface area contributed by atoms with Crippen molar-refractivity contribution in [3.8, 4) is 0 Å². The molecule has 8 rings (SSSR count). The molecule has 9 unspecified atom stereocenters. The van der Waals surface area contributed by atoms with Gasteiger partial charge in [0.2, 0.25) is 0 Å². The summed E-state index contributed by atoms with van der Waals surface area (Å²) in [5.74, 6) is 0.0629. The van der Waals surface area contributed by atoms with Gasteiger partial charge in [-0.3, -0.25) is 9.59 Å². The van der Waals surface area contributed by atoms with E-state index < -0.39 is 84.3 Å². The Labute approximate surface area is 542 Å². The molecular weight excluding hydrogens is 1190 g/mol. The summed E-state index contributed by atoms with van der Waals surface area (Å²) < 4.78 is 80.3. The fourth-order valence-electron chi connectivity index (χ4n) is 12.4. The molecular formula is C70H130O13Si5. The van der Waals surface area contributed by atoms with Crippen LogP contribution in [-0.2, 0) is 60.1 Å². The average Bonchev–Trinajstić information content (AvgIpc) is 3.75. The first-order chi connectivity index (χ1) is 40.0. The highest BCUT2D eigenvalue weighted by Gasteiger charge is 2.59. The number of hydrogen-bond donors (Lipinski definition) is 0. The minimum absolute atomic E-state index is 0.0171. The van der Waals surface area contributed by atoms with Gasteiger partial charge in [-0.2, -0.15) is 0 Å². The summed E-state index contributed by atoms with van der Waals surface area (Å²) in [4.78, 5) is 29.7. The van der Waals surface area contributed by atoms with E-state index in [4.69, 9.17) is 50.6 Å². The lowest BCUT2D eigenvalue weighted by atomic mass is 9.81. The zero-order chi connectivity index (χ0) is 66.5. The number of carbonyl (C=O) groups is 2. The van der Waals surface area contributed by atoms with Gasteiger partial charge in [0.25, 0.3) is 0 Å². The SMILES string of the molecule is C=C1C2CC3O[C@H](CC(CO[Si](C)(C)C(C)(C)C)O[Si](C)(C)C(C)(C)C)[C@H](OC)C3CC(=O)CC3CC[C@@H]4O[C@@H](C(O[Si](C)(C)C(C)(C)C)/C=C/C(=O)CCC5CC(=C)[C@H](CC[C@@H](C[C@H]1C)O2)O5)C(O[Si](C)(C)C(C)(C)C)C(O[Si](C)(C)C(C)(C)C)[C@H]4O3. The van der Waals surface area contributed by atoms with Crippen molar-refractivity contribution in [3.05, 3.63) is 36.5 Å². The van der Waals surface area contributed by atoms with E-state index in [1.807, 2.05) is 6.08 Å². The third-order valence-corrected chi connectivity index (χ3v) is 46.0. The summed E-state index contributed by atoms with van der Waals surface area (Å²) in [7, 11) is -10.4. The third kappa shape index (κ3) is 18.6. The predicted octanol–water partition coefficient (Wildman–Crippen LogP) is 17.2. The molecule has 0 spiro atoms. The largest absolute Gasteiger partial charge is 0.414 e. The number of rotatable bonds is 14. The fraction of sp³-hybridized carbons (Fsp3) is 0.886. The Kier molecular flexibility index (Phi) is 24.7. The van der Waals surface area contributed by atoms with Gasteiger partial charge in [0.1, 0.15) is 30.2 Å². The van der Waals surface area contributed by atoms with Gasteiger partial charge in [-0.05, 0) is 159 Å². The maximum atomic E-state index is 15.4. The number of hydrogen-bond acceptors (Lipinski definition) is 13. The van der Waals surface area contributed by atoms with E-state index in [-0.39, 0.29) is 110 Å². The number of fused-ring (bicyclic) bond motifs is 2. The zero-order valence-electron chi connectivity index (χ0n) is 60.9. The minimum Gasteiger partial charge on any atom is -0.414 e. The van der Waals surface area contributed by atoms with Gasteiger partial charge in [-0.15, -0.1) is 0 Å². The molecule has 8 heterocycles. The summed E-state index contributed by atoms with van der Waals surface area (Å²) in [5, 5.41) is -0.482. The molecule has 5 fully saturated rings. The Hall–Kier alpha value is -0.796. The van der Waals surface area contributed by atoms with Crippen molar-refractivity contribution in [2.75, 3.05) is 13.7 Å². The number of methoxy groups -OCH3 is 1. The van der Waals surface area contributed by atoms with Crippen LogP contribution in [0.15, 0.2) is 36.5 Å². The van der Waals surface area contributed by atoms with Crippen molar-refractivity contribution in [2.45, 2.75) is 370 Å². The summed E-state index contributed by atoms with van der Waals surface area (Å²) >= 11 is 0. The molecule has 0 aliphatic carbocycles. The van der Waals surface area contributed by atoms with E-state index in [2.05, 4.69) is 189 Å². The molecule has 8 bridgehead atoms. The molecule has 8 aliphatic rings. The van der Waals surface area contributed by atoms with Gasteiger partial charge in [-0.1, -0.05) is 130 Å². The highest BCUT2D eigenvalue weighted by Crippen LogP contribution is 2.50. The van der Waals surface area contributed by atoms with E-state index >= 15 is 4.79 Å². The number of ketones is 2. The first-order valence-corrected chi connectivity index (χ1v) is 48.8. The Balaban J connectivity index is 1.45. The van der Waals surface area contributed by atoms with Crippen LogP contribution in [0.25, 0.3) is 0 Å². The maximum Gasteiger partial charge on any atom is 0.193 e. The summed E-state index contributed by atoms with van der Waals surface area (Å²) in [5.41, 5.74) is 2.13. The van der Waals surface area contributed by atoms with Gasteiger partial charge in [0, 0.05) is 45.1 Å². The molecule has 0 N–H and O–H groups in total. The molecule has 13 nitrogen and oxygen atoms in total. The van der Waals surface area contributed by atoms with Crippen LogP contribution in [0.2, 0.25) is 90.7 Å². The maximum absolute atomic E-state index is 15.4. The van der Waals surface area contributed by atoms with Crippen LogP contribution >= 0.6 is 0 Å². The van der Waals surface area contributed by atoms with Crippen LogP contribution in [0, 0.1) is 11.8 Å². The van der Waals surface area contributed by atoms with Crippen molar-refractivity contribution in [2.24, 2.45) is 11.8 Å². The molecule has 8 aliphatic heterocycles. The van der Waals surface area contributed by atoms with Crippen molar-refractivity contribution in [1.29, 1.82) is 0 Å². The normalized spacial score (nSPS) is 34.5. The highest BCUT2D eigenvalue weighted by molar-refractivity contribution is 6.76. The molecule has 88 heavy (non-hydrogen) atoms. The van der Waals surface area contributed by atoms with Gasteiger partial charge < -0.3 is 50.6 Å². The Morgan fingerprint density at radius 1 is 0.545 bits per heavy atom. The molecule has 0 saturated carbocycles. The lowest BCUT2D eigenvalue weighted by Gasteiger charge is -2.56. The first-order valence-electron chi connectivity index (χ1n) is 34.2. The highest BCUT2D eigenvalue weighted by atomic mass is 28.4. The van der Waals surface area contributed by atoms with E-state index in [9.17, 15) is 4.79 Å². The number of allylic oxidation sites excluding steroid dienone is 1. The molecule has 17 atom stereocenters. The van der Waals surface area contributed by atoms with Gasteiger partial charge in [0.05, 0.1) is 73.8 Å². The third-order valence-electron chi connectivity index (χ3n) is 23.5. The van der Waals surface area contributed by atoms with Crippen molar-refractivity contribution < 1.29 is 60.1 Å². The van der Waals surface area contributed by atoms with Crippen LogP contribution < -0.4 is 0 Å². The topological polar surface area (TPSA) is 136 Å². The van der Waals surface area contributed by atoms with Gasteiger partial charge >= 0.3 is 0 Å². The Bertz CT molecular complexity index is 2410. The molecule has 0 aromatic carbocycles. The van der Waals surface area contributed by atoms with Crippen LogP contribution in [0.4, 0.5) is 0 Å². The standard InChI is InChI=1S/C70H130O13Si5/c1-45-38-51-33-36-55-46(2)39-50(75-55)32-30-48(71)31-35-57(81-86(24,25)68(10,11)12)63-65(83-88(28,29)70(16,17)18)64(82-87(26,27)69(13,14)15)62-56(79-63)37-34-52(77-62)40-49(72)41-54-59(43-58(76-51)47(45)3)78-60(61(54)73-19)42-53(80-85(22,23)67(7,8)9)44-74-84(20,21)66(4,5)6/h31,35,45,50-65H,2-3,30,32-34,36-44H2,1,4-29H3/b35-31+/t45-,50?,51+,52?,53?,54?,55+,56+,57?,58?,59?,60-,61-,62+,63+,64?,65?/m1/s1. The van der Waals surface area contributed by atoms with E-state index in [0.29, 0.717) is 45.1 Å². The van der Waals surface area contributed by atoms with E-state index in [1.165, 1.54) is 0 Å². The molecule has 508 valence electrons. The lowest BCUT2D eigenvalue weighted by Crippen LogP contribution is -2.69. The zero-order valence-corrected chi connectivity index (χ0v) is 65.9. The van der Waals surface area contributed by atoms with E-state index in [0.717, 1.165) is 36.8 Å². The van der Waals surface area contributed by atoms with Crippen LogP contribution in [0.1, 0.15) is 188 Å². The molecule has 0 amide bonds. The predicted molar refractivity (Wildman–Crippen MR) is 371 cm³/mol. The van der Waals surface area contributed by atoms with Crippen LogP contribution in [0.3, 0.4) is 0 Å². The second kappa shape index (κ2) is 28.5. The van der Waals surface area contributed by atoms with Crippen molar-refractivity contribution in [3.63, 3.8) is 0 Å². The van der Waals surface area contributed by atoms with Crippen molar-refractivity contribution >= 4 is 53.2 Å². The summed E-state index contributed by atoms with van der Waals surface area (Å²) in [6, 6.07) is 0. The quantitative estimate of drug-likeness (QED) is 0.121. The van der Waals surface area contributed by atoms with Crippen LogP contribution in [-0.4, -0.2) is 158 Å². The van der Waals surface area contributed by atoms with E-state index in [1.54, 1.807) is 13.2 Å².